The molecule has 0 radical (unpaired) electrons. The fraction of sp³-hybridized carbons (Fsp3) is 0.435. The molecular formula is C23H28N3O3S+. The van der Waals surface area contributed by atoms with Crippen molar-refractivity contribution in [3.63, 3.8) is 0 Å². The van der Waals surface area contributed by atoms with Crippen LogP contribution in [0.4, 0.5) is 5.00 Å². The van der Waals surface area contributed by atoms with Crippen LogP contribution in [0.25, 0.3) is 0 Å². The van der Waals surface area contributed by atoms with Crippen LogP contribution in [0, 0.1) is 25.2 Å². The largest absolute Gasteiger partial charge is 0.452 e. The predicted octanol–water partition coefficient (Wildman–Crippen LogP) is 3.17. The third-order valence-corrected chi connectivity index (χ3v) is 6.99. The molecule has 0 aliphatic carbocycles. The lowest BCUT2D eigenvalue weighted by Gasteiger charge is -2.38. The van der Waals surface area contributed by atoms with Gasteiger partial charge >= 0.3 is 5.97 Å². The molecule has 0 spiro atoms. The molecule has 1 aromatic heterocycles. The van der Waals surface area contributed by atoms with E-state index in [2.05, 4.69) is 44.4 Å². The number of rotatable bonds is 4. The summed E-state index contributed by atoms with van der Waals surface area (Å²) in [5, 5.41) is 15.4. The molecule has 2 aromatic rings. The van der Waals surface area contributed by atoms with Crippen LogP contribution in [-0.2, 0) is 21.5 Å². The van der Waals surface area contributed by atoms with Crippen molar-refractivity contribution in [2.75, 3.05) is 11.9 Å². The Labute approximate surface area is 181 Å². The third kappa shape index (κ3) is 4.25. The summed E-state index contributed by atoms with van der Waals surface area (Å²) in [6.45, 7) is 11.9. The molecule has 7 heteroatoms. The Morgan fingerprint density at radius 1 is 1.27 bits per heavy atom. The van der Waals surface area contributed by atoms with Gasteiger partial charge in [0.2, 0.25) is 0 Å². The van der Waals surface area contributed by atoms with Gasteiger partial charge in [0, 0.05) is 6.42 Å². The molecule has 158 valence electrons. The zero-order chi connectivity index (χ0) is 22.3. The van der Waals surface area contributed by atoms with Crippen molar-refractivity contribution in [3.05, 3.63) is 50.9 Å². The van der Waals surface area contributed by atoms with Crippen molar-refractivity contribution in [1.29, 1.82) is 5.26 Å². The number of nitrogens with zero attached hydrogens (tertiary/aromatic N) is 1. The number of anilines is 1. The van der Waals surface area contributed by atoms with Crippen LogP contribution >= 0.6 is 11.3 Å². The van der Waals surface area contributed by atoms with Crippen molar-refractivity contribution in [2.45, 2.75) is 59.0 Å². The second-order valence-electron chi connectivity index (χ2n) is 9.13. The summed E-state index contributed by atoms with van der Waals surface area (Å²) >= 11 is 1.43. The first kappa shape index (κ1) is 22.0. The van der Waals surface area contributed by atoms with Gasteiger partial charge in [0.05, 0.1) is 21.5 Å². The Bertz CT molecular complexity index is 1060. The number of ether oxygens (including phenoxy) is 1. The highest BCUT2D eigenvalue weighted by Gasteiger charge is 2.44. The summed E-state index contributed by atoms with van der Waals surface area (Å²) in [5.41, 5.74) is 3.56. The van der Waals surface area contributed by atoms with Crippen LogP contribution in [0.5, 0.6) is 0 Å². The van der Waals surface area contributed by atoms with Crippen molar-refractivity contribution in [1.82, 2.24) is 0 Å². The summed E-state index contributed by atoms with van der Waals surface area (Å²) in [4.78, 5) is 25.9. The highest BCUT2D eigenvalue weighted by molar-refractivity contribution is 7.16. The summed E-state index contributed by atoms with van der Waals surface area (Å²) in [6, 6.07) is 7.65. The van der Waals surface area contributed by atoms with E-state index in [4.69, 9.17) is 4.74 Å². The van der Waals surface area contributed by atoms with Crippen LogP contribution in [0.2, 0.25) is 0 Å². The normalized spacial score (nSPS) is 16.3. The minimum Gasteiger partial charge on any atom is -0.452 e. The Balaban J connectivity index is 1.75. The minimum absolute atomic E-state index is 0.0361. The number of benzene rings is 1. The fourth-order valence-corrected chi connectivity index (χ4v) is 5.51. The van der Waals surface area contributed by atoms with E-state index in [1.165, 1.54) is 11.3 Å². The number of hydrogen-bond donors (Lipinski definition) is 2. The second-order valence-corrected chi connectivity index (χ2v) is 10.1. The number of fused-ring (bicyclic) bond motifs is 1. The Morgan fingerprint density at radius 3 is 2.63 bits per heavy atom. The summed E-state index contributed by atoms with van der Waals surface area (Å²) < 4.78 is 5.21. The van der Waals surface area contributed by atoms with E-state index in [1.807, 2.05) is 19.9 Å². The first-order valence-corrected chi connectivity index (χ1v) is 10.7. The average molecular weight is 427 g/mol. The van der Waals surface area contributed by atoms with E-state index in [1.54, 1.807) is 12.1 Å². The number of carbonyl (C=O) groups is 2. The van der Waals surface area contributed by atoms with Gasteiger partial charge in [-0.2, -0.15) is 5.26 Å². The van der Waals surface area contributed by atoms with Gasteiger partial charge in [0.1, 0.15) is 16.6 Å². The Hall–Kier alpha value is -2.69. The van der Waals surface area contributed by atoms with E-state index in [0.29, 0.717) is 16.1 Å². The lowest BCUT2D eigenvalue weighted by atomic mass is 9.81. The molecule has 0 fully saturated rings. The number of nitrogens with two attached hydrogens (primary N) is 1. The maximum Gasteiger partial charge on any atom is 0.338 e. The van der Waals surface area contributed by atoms with Gasteiger partial charge < -0.3 is 15.4 Å². The maximum absolute atomic E-state index is 12.5. The van der Waals surface area contributed by atoms with Crippen LogP contribution in [0.15, 0.2) is 18.2 Å². The van der Waals surface area contributed by atoms with Crippen molar-refractivity contribution >= 4 is 28.2 Å². The van der Waals surface area contributed by atoms with E-state index in [0.717, 1.165) is 28.0 Å². The molecule has 1 aliphatic heterocycles. The van der Waals surface area contributed by atoms with Crippen LogP contribution < -0.4 is 10.6 Å². The molecule has 0 saturated heterocycles. The monoisotopic (exact) mass is 426 g/mol. The number of amides is 1. The smallest absolute Gasteiger partial charge is 0.338 e. The van der Waals surface area contributed by atoms with E-state index < -0.39 is 18.5 Å². The molecule has 0 bridgehead atoms. The minimum atomic E-state index is -0.533. The molecule has 0 atom stereocenters. The summed E-state index contributed by atoms with van der Waals surface area (Å²) in [7, 11) is 0. The first-order chi connectivity index (χ1) is 13.9. The number of esters is 1. The van der Waals surface area contributed by atoms with Gasteiger partial charge in [-0.3, -0.25) is 4.79 Å². The van der Waals surface area contributed by atoms with E-state index >= 15 is 0 Å². The molecule has 6 nitrogen and oxygen atoms in total. The molecule has 1 amide bonds. The zero-order valence-corrected chi connectivity index (χ0v) is 19.1. The van der Waals surface area contributed by atoms with Crippen molar-refractivity contribution in [2.24, 2.45) is 0 Å². The number of carbonyl (C=O) groups excluding carboxylic acids is 2. The SMILES string of the molecule is Cc1cccc(C(=O)OCC(=O)Nc2sc3c(c2C#N)CC(C)(C)[NH2+]C3(C)C)c1C. The standard InChI is InChI=1S/C23H27N3O3S/c1-13-8-7-9-15(14(13)2)21(28)29-12-18(27)25-20-17(11-24)16-10-22(3,4)26-23(5,6)19(16)30-20/h7-9,26H,10,12H2,1-6H3,(H,25,27)/p+1. The summed E-state index contributed by atoms with van der Waals surface area (Å²) in [5.74, 6) is -0.986. The van der Waals surface area contributed by atoms with Crippen LogP contribution in [0.3, 0.4) is 0 Å². The lowest BCUT2D eigenvalue weighted by Crippen LogP contribution is -3.03. The summed E-state index contributed by atoms with van der Waals surface area (Å²) in [6.07, 6.45) is 0.753. The molecule has 30 heavy (non-hydrogen) atoms. The van der Waals surface area contributed by atoms with Crippen molar-refractivity contribution < 1.29 is 19.6 Å². The van der Waals surface area contributed by atoms with Crippen LogP contribution in [-0.4, -0.2) is 24.0 Å². The highest BCUT2D eigenvalue weighted by Crippen LogP contribution is 2.41. The topological polar surface area (TPSA) is 95.8 Å². The number of nitrogens with one attached hydrogen (secondary N) is 1. The Kier molecular flexibility index (Phi) is 5.76. The maximum atomic E-state index is 12.5. The van der Waals surface area contributed by atoms with E-state index in [9.17, 15) is 14.9 Å². The zero-order valence-electron chi connectivity index (χ0n) is 18.3. The number of quaternary nitrogens is 1. The fourth-order valence-electron chi connectivity index (χ4n) is 4.25. The predicted molar refractivity (Wildman–Crippen MR) is 117 cm³/mol. The molecular weight excluding hydrogens is 398 g/mol. The van der Waals surface area contributed by atoms with E-state index in [-0.39, 0.29) is 11.1 Å². The number of hydrogen-bond acceptors (Lipinski definition) is 5. The molecule has 3 rings (SSSR count). The molecule has 2 heterocycles. The van der Waals surface area contributed by atoms with Gasteiger partial charge in [-0.25, -0.2) is 4.79 Å². The molecule has 1 aromatic carbocycles. The molecule has 0 unspecified atom stereocenters. The van der Waals surface area contributed by atoms with Gasteiger partial charge in [0.15, 0.2) is 6.61 Å². The highest BCUT2D eigenvalue weighted by atomic mass is 32.1. The number of aryl methyl sites for hydroxylation is 1. The third-order valence-electron chi connectivity index (χ3n) is 5.50. The lowest BCUT2D eigenvalue weighted by molar-refractivity contribution is -0.789. The first-order valence-electron chi connectivity index (χ1n) is 9.91. The van der Waals surface area contributed by atoms with Gasteiger partial charge in [-0.05, 0) is 64.3 Å². The van der Waals surface area contributed by atoms with Gasteiger partial charge in [0.25, 0.3) is 5.91 Å². The van der Waals surface area contributed by atoms with Gasteiger partial charge in [-0.1, -0.05) is 12.1 Å². The molecule has 1 aliphatic rings. The number of nitriles is 1. The molecule has 3 N–H and O–H groups in total. The average Bonchev–Trinajstić information content (AvgIpc) is 2.98. The van der Waals surface area contributed by atoms with Crippen molar-refractivity contribution in [3.8, 4) is 6.07 Å². The number of thiophene rings is 1. The second kappa shape index (κ2) is 7.86. The molecule has 0 saturated carbocycles. The quantitative estimate of drug-likeness (QED) is 0.734. The van der Waals surface area contributed by atoms with Gasteiger partial charge in [-0.15, -0.1) is 11.3 Å². The Morgan fingerprint density at radius 2 is 1.97 bits per heavy atom. The van der Waals surface area contributed by atoms with Crippen LogP contribution in [0.1, 0.15) is 65.2 Å².